The largest absolute Gasteiger partial charge is 0.508 e. The van der Waals surface area contributed by atoms with Crippen LogP contribution >= 0.6 is 0 Å². The van der Waals surface area contributed by atoms with Crippen molar-refractivity contribution in [3.05, 3.63) is 122 Å². The summed E-state index contributed by atoms with van der Waals surface area (Å²) in [6, 6.07) is 14.8. The molecule has 0 radical (unpaired) electrons. The number of hydrogen-bond donors (Lipinski definition) is 5. The van der Waals surface area contributed by atoms with E-state index >= 15 is 8.78 Å². The molecule has 63 heavy (non-hydrogen) atoms. The summed E-state index contributed by atoms with van der Waals surface area (Å²) < 4.78 is 37.4. The molecule has 4 aromatic carbocycles. The van der Waals surface area contributed by atoms with Gasteiger partial charge in [0.05, 0.1) is 16.8 Å². The van der Waals surface area contributed by atoms with Crippen LogP contribution in [0.4, 0.5) is 19.3 Å². The highest BCUT2D eigenvalue weighted by molar-refractivity contribution is 6.06. The topological polar surface area (TPSA) is 219 Å². The minimum atomic E-state index is -0.876. The Labute approximate surface area is 357 Å². The summed E-state index contributed by atoms with van der Waals surface area (Å²) in [6.07, 6.45) is -0.587. The van der Waals surface area contributed by atoms with Crippen LogP contribution in [0.1, 0.15) is 75.6 Å². The van der Waals surface area contributed by atoms with Gasteiger partial charge in [-0.3, -0.25) is 34.7 Å². The van der Waals surface area contributed by atoms with Crippen LogP contribution in [-0.4, -0.2) is 102 Å². The predicted molar refractivity (Wildman–Crippen MR) is 221 cm³/mol. The van der Waals surface area contributed by atoms with Crippen LogP contribution in [0, 0.1) is 11.6 Å². The van der Waals surface area contributed by atoms with Gasteiger partial charge in [-0.25, -0.2) is 28.0 Å². The molecular formula is C44H42F2N8O9. The molecule has 326 valence electrons. The average Bonchev–Trinajstić information content (AvgIpc) is 3.80. The van der Waals surface area contributed by atoms with Crippen LogP contribution in [0.3, 0.4) is 0 Å². The highest BCUT2D eigenvalue weighted by Gasteiger charge is 2.40. The second-order valence-corrected chi connectivity index (χ2v) is 15.9. The number of hydrogen-bond acceptors (Lipinski definition) is 11. The fourth-order valence-electron chi connectivity index (χ4n) is 8.10. The fraction of sp³-hybridized carbons (Fsp3) is 0.295. The third-order valence-electron chi connectivity index (χ3n) is 11.5. The molecule has 3 aliphatic rings. The number of H-pyrrole nitrogens is 1. The van der Waals surface area contributed by atoms with Crippen molar-refractivity contribution in [2.75, 3.05) is 31.5 Å². The van der Waals surface area contributed by atoms with Crippen molar-refractivity contribution in [1.82, 2.24) is 34.8 Å². The van der Waals surface area contributed by atoms with E-state index in [2.05, 4.69) is 20.8 Å². The number of ether oxygens (including phenoxy) is 1. The number of imide groups is 1. The quantitative estimate of drug-likeness (QED) is 0.123. The normalized spacial score (nSPS) is 16.7. The molecule has 1 aromatic heterocycles. The first-order valence-electron chi connectivity index (χ1n) is 20.2. The number of anilines is 1. The minimum absolute atomic E-state index is 0.0324. The molecule has 5 aromatic rings. The molecule has 17 nitrogen and oxygen atoms in total. The molecule has 1 atom stereocenters. The molecule has 0 bridgehead atoms. The van der Waals surface area contributed by atoms with Gasteiger partial charge in [0.1, 0.15) is 35.8 Å². The number of benzene rings is 4. The Balaban J connectivity index is 0.842. The molecule has 2 fully saturated rings. The number of aromatic amines is 1. The Bertz CT molecular complexity index is 2740. The number of piperidine rings is 1. The molecule has 4 heterocycles. The second-order valence-electron chi connectivity index (χ2n) is 15.9. The van der Waals surface area contributed by atoms with E-state index < -0.39 is 53.1 Å². The van der Waals surface area contributed by atoms with E-state index in [4.69, 9.17) is 4.74 Å². The fourth-order valence-corrected chi connectivity index (χ4v) is 8.10. The summed E-state index contributed by atoms with van der Waals surface area (Å²) in [7, 11) is 0. The highest BCUT2D eigenvalue weighted by Crippen LogP contribution is 2.38. The van der Waals surface area contributed by atoms with Crippen LogP contribution in [0.15, 0.2) is 71.5 Å². The third-order valence-corrected chi connectivity index (χ3v) is 11.5. The van der Waals surface area contributed by atoms with Crippen LogP contribution in [0.5, 0.6) is 11.5 Å². The first-order chi connectivity index (χ1) is 30.2. The van der Waals surface area contributed by atoms with Gasteiger partial charge in [-0.1, -0.05) is 32.0 Å². The smallest absolute Gasteiger partial charge is 0.411 e. The van der Waals surface area contributed by atoms with E-state index in [0.717, 1.165) is 10.6 Å². The van der Waals surface area contributed by atoms with E-state index in [9.17, 15) is 39.0 Å². The SMILES string of the molecule is CC(C)c1cc(-c2n[nH]c(=O)n2-c2ccc(CN3CCN(C(=O)c4ccc(COC(=O)Nc5cccc6c5CN(C5CCC(=O)NC5=O)C6=O)cc4F)CC3)c(F)c2)c(O)cc1O. The number of aromatic hydroxyl groups is 2. The van der Waals surface area contributed by atoms with Crippen LogP contribution in [0.25, 0.3) is 17.1 Å². The monoisotopic (exact) mass is 864 g/mol. The lowest BCUT2D eigenvalue weighted by Gasteiger charge is -2.35. The predicted octanol–water partition coefficient (Wildman–Crippen LogP) is 4.51. The molecule has 8 rings (SSSR count). The van der Waals surface area contributed by atoms with E-state index in [-0.39, 0.29) is 91.2 Å². The number of carbonyl (C=O) groups excluding carboxylic acids is 5. The lowest BCUT2D eigenvalue weighted by Crippen LogP contribution is -2.52. The molecule has 0 saturated carbocycles. The summed E-state index contributed by atoms with van der Waals surface area (Å²) in [5.74, 6) is -3.78. The molecule has 5 amide bonds. The van der Waals surface area contributed by atoms with Gasteiger partial charge in [0.2, 0.25) is 11.8 Å². The van der Waals surface area contributed by atoms with Gasteiger partial charge in [-0.15, -0.1) is 0 Å². The maximum absolute atomic E-state index is 15.6. The zero-order valence-corrected chi connectivity index (χ0v) is 34.1. The number of nitrogens with one attached hydrogen (secondary N) is 3. The van der Waals surface area contributed by atoms with Crippen LogP contribution in [0.2, 0.25) is 0 Å². The summed E-state index contributed by atoms with van der Waals surface area (Å²) >= 11 is 0. The van der Waals surface area contributed by atoms with Crippen molar-refractivity contribution < 1.29 is 47.7 Å². The number of phenols is 2. The van der Waals surface area contributed by atoms with Crippen LogP contribution < -0.4 is 16.3 Å². The standard InChI is InChI=1S/C44H42F2N8O9/c1-23(2)29-18-30(37(56)19-36(29)55)39-49-50-43(61)54(39)26-8-7-25(32(45)17-26)20-51-12-14-52(15-13-51)41(59)28-9-6-24(16-33(28)46)22-63-44(62)47-34-5-3-4-27-31(34)21-53(42(27)60)35-10-11-38(57)48-40(35)58/h3-9,16-19,23,35,55-56H,10-15,20-22H2,1-2H3,(H,47,62)(H,50,61)(H,48,57,58). The molecule has 0 spiro atoms. The van der Waals surface area contributed by atoms with E-state index in [1.54, 1.807) is 30.3 Å². The van der Waals surface area contributed by atoms with Gasteiger partial charge in [0.15, 0.2) is 5.82 Å². The third kappa shape index (κ3) is 8.46. The molecular weight excluding hydrogens is 823 g/mol. The van der Waals surface area contributed by atoms with Gasteiger partial charge in [-0.05, 0) is 65.9 Å². The average molecular weight is 865 g/mol. The van der Waals surface area contributed by atoms with Crippen molar-refractivity contribution in [3.63, 3.8) is 0 Å². The lowest BCUT2D eigenvalue weighted by atomic mass is 9.98. The molecule has 0 aliphatic carbocycles. The van der Waals surface area contributed by atoms with Crippen molar-refractivity contribution in [2.24, 2.45) is 0 Å². The first-order valence-corrected chi connectivity index (χ1v) is 20.2. The Morgan fingerprint density at radius 1 is 0.921 bits per heavy atom. The molecule has 3 aliphatic heterocycles. The molecule has 1 unspecified atom stereocenters. The minimum Gasteiger partial charge on any atom is -0.508 e. The van der Waals surface area contributed by atoms with Gasteiger partial charge in [0.25, 0.3) is 11.8 Å². The van der Waals surface area contributed by atoms with Crippen LogP contribution in [-0.2, 0) is 34.0 Å². The number of aromatic nitrogens is 3. The zero-order valence-electron chi connectivity index (χ0n) is 34.1. The molecule has 19 heteroatoms. The van der Waals surface area contributed by atoms with Gasteiger partial charge in [-0.2, -0.15) is 5.10 Å². The van der Waals surface area contributed by atoms with E-state index in [1.165, 1.54) is 40.1 Å². The number of piperazine rings is 1. The highest BCUT2D eigenvalue weighted by atomic mass is 19.1. The lowest BCUT2D eigenvalue weighted by molar-refractivity contribution is -0.136. The number of rotatable bonds is 10. The Morgan fingerprint density at radius 2 is 1.70 bits per heavy atom. The van der Waals surface area contributed by atoms with E-state index in [0.29, 0.717) is 41.0 Å². The zero-order chi connectivity index (χ0) is 44.7. The Kier molecular flexibility index (Phi) is 11.5. The number of carbonyl (C=O) groups is 5. The van der Waals surface area contributed by atoms with Gasteiger partial charge >= 0.3 is 11.8 Å². The molecule has 2 saturated heterocycles. The Morgan fingerprint density at radius 3 is 2.41 bits per heavy atom. The molecule has 5 N–H and O–H groups in total. The van der Waals surface area contributed by atoms with E-state index in [1.807, 2.05) is 18.7 Å². The van der Waals surface area contributed by atoms with Crippen molar-refractivity contribution in [3.8, 4) is 28.6 Å². The number of phenolic OH excluding ortho intramolecular Hbond substituents is 2. The van der Waals surface area contributed by atoms with Gasteiger partial charge in [0, 0.05) is 74.1 Å². The summed E-state index contributed by atoms with van der Waals surface area (Å²) in [4.78, 5) is 81.0. The summed E-state index contributed by atoms with van der Waals surface area (Å²) in [6.45, 7) is 4.84. The maximum atomic E-state index is 15.6. The van der Waals surface area contributed by atoms with Crippen molar-refractivity contribution >= 4 is 35.4 Å². The van der Waals surface area contributed by atoms with Gasteiger partial charge < -0.3 is 24.7 Å². The number of nitrogens with zero attached hydrogens (tertiary/aromatic N) is 5. The summed E-state index contributed by atoms with van der Waals surface area (Å²) in [5, 5.41) is 32.1. The summed E-state index contributed by atoms with van der Waals surface area (Å²) in [5.41, 5.74) is 1.74. The number of fused-ring (bicyclic) bond motifs is 1. The first kappa shape index (κ1) is 42.3. The maximum Gasteiger partial charge on any atom is 0.411 e. The Hall–Kier alpha value is -7.41. The number of halogens is 2. The van der Waals surface area contributed by atoms with Crippen molar-refractivity contribution in [1.29, 1.82) is 0 Å². The van der Waals surface area contributed by atoms with Crippen molar-refractivity contribution in [2.45, 2.75) is 58.3 Å². The number of amides is 5. The second kappa shape index (κ2) is 17.2.